The topological polar surface area (TPSA) is 71.5 Å². The average Bonchev–Trinajstić information content (AvgIpc) is 3.09. The maximum Gasteiger partial charge on any atom is 0.268 e. The van der Waals surface area contributed by atoms with Crippen LogP contribution in [0.2, 0.25) is 5.02 Å². The minimum atomic E-state index is -0.623. The van der Waals surface area contributed by atoms with E-state index >= 15 is 0 Å². The Kier molecular flexibility index (Phi) is 6.22. The maximum atomic E-state index is 13.1. The van der Waals surface area contributed by atoms with Crippen LogP contribution in [0.15, 0.2) is 36.4 Å². The lowest BCUT2D eigenvalue weighted by molar-refractivity contribution is -0.128. The van der Waals surface area contributed by atoms with E-state index in [4.69, 9.17) is 16.3 Å². The van der Waals surface area contributed by atoms with Crippen LogP contribution < -0.4 is 15.0 Å². The third-order valence-electron chi connectivity index (χ3n) is 5.37. The van der Waals surface area contributed by atoms with Gasteiger partial charge in [-0.1, -0.05) is 18.5 Å². The third-order valence-corrected chi connectivity index (χ3v) is 6.49. The molecule has 0 aliphatic carbocycles. The van der Waals surface area contributed by atoms with Gasteiger partial charge in [-0.05, 0) is 69.2 Å². The van der Waals surface area contributed by atoms with Crippen molar-refractivity contribution in [3.63, 3.8) is 0 Å². The van der Waals surface area contributed by atoms with E-state index in [1.807, 2.05) is 45.9 Å². The third kappa shape index (κ3) is 4.36. The van der Waals surface area contributed by atoms with Gasteiger partial charge in [0.25, 0.3) is 5.91 Å². The average molecular weight is 470 g/mol. The molecule has 0 saturated heterocycles. The molecule has 0 spiro atoms. The lowest BCUT2D eigenvalue weighted by atomic mass is 10.1. The number of fused-ring (bicyclic) bond motifs is 1. The molecule has 0 fully saturated rings. The Hall–Kier alpha value is -2.90. The van der Waals surface area contributed by atoms with Crippen molar-refractivity contribution >= 4 is 46.1 Å². The molecule has 32 heavy (non-hydrogen) atoms. The van der Waals surface area contributed by atoms with E-state index in [1.165, 1.54) is 4.90 Å². The second-order valence-electron chi connectivity index (χ2n) is 7.77. The summed E-state index contributed by atoms with van der Waals surface area (Å²) < 4.78 is 5.93. The van der Waals surface area contributed by atoms with Gasteiger partial charge in [-0.25, -0.2) is 4.98 Å². The number of nitrogens with zero attached hydrogens (tertiary/aromatic N) is 2. The van der Waals surface area contributed by atoms with Crippen LogP contribution in [0.5, 0.6) is 5.75 Å². The molecule has 2 heterocycles. The fourth-order valence-electron chi connectivity index (χ4n) is 3.79. The molecule has 4 rings (SSSR count). The number of aryl methyl sites for hydroxylation is 3. The van der Waals surface area contributed by atoms with Gasteiger partial charge in [-0.2, -0.15) is 0 Å². The highest BCUT2D eigenvalue weighted by molar-refractivity contribution is 7.11. The highest BCUT2D eigenvalue weighted by Crippen LogP contribution is 2.39. The van der Waals surface area contributed by atoms with Gasteiger partial charge in [0.05, 0.1) is 16.4 Å². The van der Waals surface area contributed by atoms with Crippen LogP contribution in [0.3, 0.4) is 0 Å². The molecule has 1 aliphatic heterocycles. The minimum Gasteiger partial charge on any atom is -0.478 e. The van der Waals surface area contributed by atoms with Gasteiger partial charge >= 0.3 is 0 Å². The van der Waals surface area contributed by atoms with E-state index in [9.17, 15) is 9.59 Å². The molecule has 6 nitrogen and oxygen atoms in total. The normalized spacial score (nSPS) is 15.3. The van der Waals surface area contributed by atoms with Gasteiger partial charge in [-0.15, -0.1) is 11.3 Å². The molecule has 0 saturated carbocycles. The van der Waals surface area contributed by atoms with Crippen molar-refractivity contribution in [1.82, 2.24) is 4.98 Å². The summed E-state index contributed by atoms with van der Waals surface area (Å²) in [5.74, 6) is 0.0594. The SMILES string of the molecule is CCC1Oc2ccc(-c3nc(C)sc3C)cc2N(CC(=O)Nc2ccc(Cl)cc2C)C1=O. The van der Waals surface area contributed by atoms with Crippen LogP contribution in [0.1, 0.15) is 28.8 Å². The Morgan fingerprint density at radius 2 is 2.00 bits per heavy atom. The number of anilines is 2. The number of rotatable bonds is 5. The van der Waals surface area contributed by atoms with E-state index < -0.39 is 6.10 Å². The predicted octanol–water partition coefficient (Wildman–Crippen LogP) is 5.53. The molecule has 1 aliphatic rings. The molecule has 0 bridgehead atoms. The van der Waals surface area contributed by atoms with Gasteiger partial charge in [-0.3, -0.25) is 14.5 Å². The molecule has 1 atom stereocenters. The summed E-state index contributed by atoms with van der Waals surface area (Å²) in [5, 5.41) is 4.46. The van der Waals surface area contributed by atoms with Crippen molar-refractivity contribution in [3.8, 4) is 17.0 Å². The molecular weight excluding hydrogens is 446 g/mol. The van der Waals surface area contributed by atoms with Crippen molar-refractivity contribution in [1.29, 1.82) is 0 Å². The van der Waals surface area contributed by atoms with Crippen molar-refractivity contribution in [2.45, 2.75) is 40.2 Å². The zero-order chi connectivity index (χ0) is 23.0. The smallest absolute Gasteiger partial charge is 0.268 e. The summed E-state index contributed by atoms with van der Waals surface area (Å²) in [5.41, 5.74) is 3.85. The number of hydrogen-bond donors (Lipinski definition) is 1. The summed E-state index contributed by atoms with van der Waals surface area (Å²) in [7, 11) is 0. The highest BCUT2D eigenvalue weighted by Gasteiger charge is 2.35. The number of thiazole rings is 1. The van der Waals surface area contributed by atoms with Crippen molar-refractivity contribution in [3.05, 3.63) is 56.9 Å². The van der Waals surface area contributed by atoms with E-state index in [2.05, 4.69) is 10.3 Å². The number of aromatic nitrogens is 1. The van der Waals surface area contributed by atoms with Crippen LogP contribution in [0.25, 0.3) is 11.3 Å². The predicted molar refractivity (Wildman–Crippen MR) is 129 cm³/mol. The van der Waals surface area contributed by atoms with Crippen molar-refractivity contribution < 1.29 is 14.3 Å². The first-order chi connectivity index (χ1) is 15.3. The zero-order valence-electron chi connectivity index (χ0n) is 18.4. The van der Waals surface area contributed by atoms with Crippen LogP contribution in [0.4, 0.5) is 11.4 Å². The van der Waals surface area contributed by atoms with Crippen molar-refractivity contribution in [2.75, 3.05) is 16.8 Å². The second-order valence-corrected chi connectivity index (χ2v) is 9.61. The molecule has 1 N–H and O–H groups in total. The largest absolute Gasteiger partial charge is 0.478 e. The molecule has 8 heteroatoms. The number of nitrogens with one attached hydrogen (secondary N) is 1. The van der Waals surface area contributed by atoms with Gasteiger partial charge in [0, 0.05) is 21.2 Å². The molecular formula is C24H24ClN3O3S. The zero-order valence-corrected chi connectivity index (χ0v) is 19.9. The summed E-state index contributed by atoms with van der Waals surface area (Å²) in [6.45, 7) is 7.63. The lowest BCUT2D eigenvalue weighted by Crippen LogP contribution is -2.48. The first kappa shape index (κ1) is 22.3. The van der Waals surface area contributed by atoms with E-state index in [0.29, 0.717) is 28.6 Å². The second kappa shape index (κ2) is 8.92. The quantitative estimate of drug-likeness (QED) is 0.533. The highest BCUT2D eigenvalue weighted by atomic mass is 35.5. The van der Waals surface area contributed by atoms with Crippen LogP contribution in [-0.4, -0.2) is 29.4 Å². The van der Waals surface area contributed by atoms with E-state index in [-0.39, 0.29) is 18.4 Å². The molecule has 3 aromatic rings. The van der Waals surface area contributed by atoms with Gasteiger partial charge < -0.3 is 10.1 Å². The first-order valence-corrected chi connectivity index (χ1v) is 11.6. The Bertz CT molecular complexity index is 1210. The van der Waals surface area contributed by atoms with Gasteiger partial charge in [0.2, 0.25) is 5.91 Å². The summed E-state index contributed by atoms with van der Waals surface area (Å²) in [6.07, 6.45) is -0.111. The fourth-order valence-corrected chi connectivity index (χ4v) is 4.86. The number of halogens is 1. The monoisotopic (exact) mass is 469 g/mol. The first-order valence-electron chi connectivity index (χ1n) is 10.4. The van der Waals surface area contributed by atoms with Gasteiger partial charge in [0.15, 0.2) is 6.10 Å². The summed E-state index contributed by atoms with van der Waals surface area (Å²) in [6, 6.07) is 10.9. The molecule has 166 valence electrons. The van der Waals surface area contributed by atoms with Crippen LogP contribution >= 0.6 is 22.9 Å². The number of benzene rings is 2. The van der Waals surface area contributed by atoms with Crippen LogP contribution in [-0.2, 0) is 9.59 Å². The number of carbonyl (C=O) groups is 2. The molecule has 1 unspecified atom stereocenters. The molecule has 1 aromatic heterocycles. The Morgan fingerprint density at radius 1 is 1.22 bits per heavy atom. The number of hydrogen-bond acceptors (Lipinski definition) is 5. The van der Waals surface area contributed by atoms with Crippen molar-refractivity contribution in [2.24, 2.45) is 0 Å². The summed E-state index contributed by atoms with van der Waals surface area (Å²) in [4.78, 5) is 33.2. The lowest BCUT2D eigenvalue weighted by Gasteiger charge is -2.34. The number of amides is 2. The van der Waals surface area contributed by atoms with E-state index in [1.54, 1.807) is 29.5 Å². The standard InChI is InChI=1S/C24H24ClN3O3S/c1-5-20-24(30)28(12-22(29)27-18-8-7-17(25)10-13(18)2)19-11-16(6-9-21(19)31-20)23-14(3)32-15(4)26-23/h6-11,20H,5,12H2,1-4H3,(H,27,29). The fraction of sp³-hybridized carbons (Fsp3) is 0.292. The number of carbonyl (C=O) groups excluding carboxylic acids is 2. The van der Waals surface area contributed by atoms with Gasteiger partial charge in [0.1, 0.15) is 12.3 Å². The Balaban J connectivity index is 1.66. The molecule has 2 aromatic carbocycles. The Labute approximate surface area is 196 Å². The minimum absolute atomic E-state index is 0.119. The number of ether oxygens (including phenoxy) is 1. The molecule has 2 amide bonds. The van der Waals surface area contributed by atoms with E-state index in [0.717, 1.165) is 26.7 Å². The van der Waals surface area contributed by atoms with Crippen LogP contribution in [0, 0.1) is 20.8 Å². The Morgan fingerprint density at radius 3 is 2.66 bits per heavy atom. The summed E-state index contributed by atoms with van der Waals surface area (Å²) >= 11 is 7.64. The molecule has 0 radical (unpaired) electrons. The maximum absolute atomic E-state index is 13.1.